The van der Waals surface area contributed by atoms with Gasteiger partial charge in [0.25, 0.3) is 0 Å². The van der Waals surface area contributed by atoms with Gasteiger partial charge in [0.1, 0.15) is 0 Å². The van der Waals surface area contributed by atoms with Gasteiger partial charge in [-0.3, -0.25) is 4.90 Å². The van der Waals surface area contributed by atoms with Gasteiger partial charge in [-0.25, -0.2) is 0 Å². The molecule has 2 rings (SSSR count). The number of hydrogen-bond acceptors (Lipinski definition) is 3. The summed E-state index contributed by atoms with van der Waals surface area (Å²) in [5, 5.41) is 0.785. The fourth-order valence-electron chi connectivity index (χ4n) is 2.79. The number of nitrogens with zero attached hydrogens (tertiary/aromatic N) is 2. The standard InChI is InChI=1S/C14H22ClN3/c1-11-10-17(2)6-7-18(11)14(9-16)12-4-3-5-13(15)8-12/h3-5,8,11,14H,6-7,9-10,16H2,1-2H3. The van der Waals surface area contributed by atoms with Gasteiger partial charge >= 0.3 is 0 Å². The summed E-state index contributed by atoms with van der Waals surface area (Å²) in [7, 11) is 2.17. The van der Waals surface area contributed by atoms with E-state index < -0.39 is 0 Å². The summed E-state index contributed by atoms with van der Waals surface area (Å²) in [6.07, 6.45) is 0. The van der Waals surface area contributed by atoms with E-state index in [0.717, 1.165) is 24.7 Å². The van der Waals surface area contributed by atoms with Crippen molar-refractivity contribution in [3.63, 3.8) is 0 Å². The third-order valence-electron chi connectivity index (χ3n) is 3.74. The lowest BCUT2D eigenvalue weighted by molar-refractivity contribution is 0.0635. The number of halogens is 1. The van der Waals surface area contributed by atoms with Crippen molar-refractivity contribution in [2.24, 2.45) is 5.73 Å². The van der Waals surface area contributed by atoms with Gasteiger partial charge in [0.15, 0.2) is 0 Å². The van der Waals surface area contributed by atoms with Gasteiger partial charge < -0.3 is 10.6 Å². The second-order valence-electron chi connectivity index (χ2n) is 5.16. The molecule has 1 aliphatic heterocycles. The van der Waals surface area contributed by atoms with Crippen molar-refractivity contribution in [3.8, 4) is 0 Å². The first-order valence-electron chi connectivity index (χ1n) is 6.51. The molecular formula is C14H22ClN3. The minimum absolute atomic E-state index is 0.271. The second kappa shape index (κ2) is 6.02. The molecule has 1 fully saturated rings. The van der Waals surface area contributed by atoms with E-state index in [2.05, 4.69) is 29.8 Å². The molecule has 2 N–H and O–H groups in total. The highest BCUT2D eigenvalue weighted by molar-refractivity contribution is 6.30. The van der Waals surface area contributed by atoms with E-state index >= 15 is 0 Å². The molecule has 1 aromatic rings. The SMILES string of the molecule is CC1CN(C)CCN1C(CN)c1cccc(Cl)c1. The topological polar surface area (TPSA) is 32.5 Å². The van der Waals surface area contributed by atoms with E-state index in [0.29, 0.717) is 12.6 Å². The van der Waals surface area contributed by atoms with Crippen LogP contribution in [0, 0.1) is 0 Å². The third kappa shape index (κ3) is 3.04. The Morgan fingerprint density at radius 3 is 2.83 bits per heavy atom. The number of likely N-dealkylation sites (N-methyl/N-ethyl adjacent to an activating group) is 1. The molecule has 0 bridgehead atoms. The van der Waals surface area contributed by atoms with Gasteiger partial charge in [-0.05, 0) is 31.7 Å². The molecule has 1 heterocycles. The molecule has 0 aliphatic carbocycles. The highest BCUT2D eigenvalue weighted by Gasteiger charge is 2.28. The van der Waals surface area contributed by atoms with Gasteiger partial charge in [-0.1, -0.05) is 23.7 Å². The monoisotopic (exact) mass is 267 g/mol. The maximum Gasteiger partial charge on any atom is 0.0474 e. The molecule has 1 aromatic carbocycles. The van der Waals surface area contributed by atoms with Crippen molar-refractivity contribution >= 4 is 11.6 Å². The van der Waals surface area contributed by atoms with Crippen LogP contribution in [0.15, 0.2) is 24.3 Å². The van der Waals surface area contributed by atoms with Crippen LogP contribution in [0.1, 0.15) is 18.5 Å². The molecule has 2 atom stereocenters. The normalized spacial score (nSPS) is 24.1. The quantitative estimate of drug-likeness (QED) is 0.909. The Morgan fingerprint density at radius 2 is 2.22 bits per heavy atom. The molecule has 0 radical (unpaired) electrons. The van der Waals surface area contributed by atoms with E-state index in [1.807, 2.05) is 18.2 Å². The average molecular weight is 268 g/mol. The summed E-state index contributed by atoms with van der Waals surface area (Å²) in [5.41, 5.74) is 7.21. The predicted octanol–water partition coefficient (Wildman–Crippen LogP) is 1.98. The van der Waals surface area contributed by atoms with Gasteiger partial charge in [-0.15, -0.1) is 0 Å². The number of benzene rings is 1. The maximum atomic E-state index is 6.08. The number of hydrogen-bond donors (Lipinski definition) is 1. The van der Waals surface area contributed by atoms with Crippen LogP contribution in [-0.4, -0.2) is 49.1 Å². The van der Waals surface area contributed by atoms with Crippen molar-refractivity contribution in [2.45, 2.75) is 19.0 Å². The first kappa shape index (κ1) is 13.8. The summed E-state index contributed by atoms with van der Waals surface area (Å²) >= 11 is 6.08. The second-order valence-corrected chi connectivity index (χ2v) is 5.59. The molecule has 3 nitrogen and oxygen atoms in total. The molecule has 0 amide bonds. The van der Waals surface area contributed by atoms with E-state index in [4.69, 9.17) is 17.3 Å². The summed E-state index contributed by atoms with van der Waals surface area (Å²) < 4.78 is 0. The van der Waals surface area contributed by atoms with Crippen LogP contribution < -0.4 is 5.73 Å². The lowest BCUT2D eigenvalue weighted by Gasteiger charge is -2.42. The fourth-order valence-corrected chi connectivity index (χ4v) is 2.99. The summed E-state index contributed by atoms with van der Waals surface area (Å²) in [5.74, 6) is 0. The van der Waals surface area contributed by atoms with E-state index in [1.165, 1.54) is 5.56 Å². The molecular weight excluding hydrogens is 246 g/mol. The van der Waals surface area contributed by atoms with E-state index in [9.17, 15) is 0 Å². The number of piperazine rings is 1. The predicted molar refractivity (Wildman–Crippen MR) is 76.9 cm³/mol. The van der Waals surface area contributed by atoms with Crippen molar-refractivity contribution in [1.82, 2.24) is 9.80 Å². The Morgan fingerprint density at radius 1 is 1.44 bits per heavy atom. The zero-order valence-corrected chi connectivity index (χ0v) is 11.9. The lowest BCUT2D eigenvalue weighted by Crippen LogP contribution is -2.52. The molecule has 100 valence electrons. The molecule has 18 heavy (non-hydrogen) atoms. The fraction of sp³-hybridized carbons (Fsp3) is 0.571. The van der Waals surface area contributed by atoms with Crippen LogP contribution in [0.5, 0.6) is 0 Å². The third-order valence-corrected chi connectivity index (χ3v) is 3.97. The summed E-state index contributed by atoms with van der Waals surface area (Å²) in [4.78, 5) is 4.86. The van der Waals surface area contributed by atoms with Crippen LogP contribution in [0.2, 0.25) is 5.02 Å². The van der Waals surface area contributed by atoms with Crippen molar-refractivity contribution < 1.29 is 0 Å². The smallest absolute Gasteiger partial charge is 0.0474 e. The highest BCUT2D eigenvalue weighted by atomic mass is 35.5. The lowest BCUT2D eigenvalue weighted by atomic mass is 10.0. The van der Waals surface area contributed by atoms with Crippen molar-refractivity contribution in [1.29, 1.82) is 0 Å². The Balaban J connectivity index is 2.18. The van der Waals surface area contributed by atoms with Crippen LogP contribution in [0.25, 0.3) is 0 Å². The van der Waals surface area contributed by atoms with E-state index in [1.54, 1.807) is 0 Å². The first-order valence-corrected chi connectivity index (χ1v) is 6.89. The highest BCUT2D eigenvalue weighted by Crippen LogP contribution is 2.26. The Bertz CT molecular complexity index is 396. The van der Waals surface area contributed by atoms with Crippen LogP contribution in [0.3, 0.4) is 0 Å². The van der Waals surface area contributed by atoms with Crippen molar-refractivity contribution in [3.05, 3.63) is 34.9 Å². The van der Waals surface area contributed by atoms with Crippen LogP contribution >= 0.6 is 11.6 Å². The van der Waals surface area contributed by atoms with Crippen LogP contribution in [-0.2, 0) is 0 Å². The number of nitrogens with two attached hydrogens (primary N) is 1. The Kier molecular flexibility index (Phi) is 4.62. The molecule has 0 aromatic heterocycles. The zero-order chi connectivity index (χ0) is 13.1. The molecule has 4 heteroatoms. The van der Waals surface area contributed by atoms with Gasteiger partial charge in [0.05, 0.1) is 0 Å². The van der Waals surface area contributed by atoms with Crippen LogP contribution in [0.4, 0.5) is 0 Å². The summed E-state index contributed by atoms with van der Waals surface area (Å²) in [6.45, 7) is 6.15. The average Bonchev–Trinajstić information content (AvgIpc) is 2.33. The zero-order valence-electron chi connectivity index (χ0n) is 11.1. The van der Waals surface area contributed by atoms with Gasteiger partial charge in [0, 0.05) is 43.3 Å². The largest absolute Gasteiger partial charge is 0.329 e. The minimum atomic E-state index is 0.271. The van der Waals surface area contributed by atoms with Crippen molar-refractivity contribution in [2.75, 3.05) is 33.2 Å². The molecule has 0 spiro atoms. The summed E-state index contributed by atoms with van der Waals surface area (Å²) in [6, 6.07) is 8.86. The molecule has 2 unspecified atom stereocenters. The Hall–Kier alpha value is -0.610. The Labute approximate surface area is 115 Å². The first-order chi connectivity index (χ1) is 8.61. The number of rotatable bonds is 3. The molecule has 1 saturated heterocycles. The van der Waals surface area contributed by atoms with E-state index in [-0.39, 0.29) is 6.04 Å². The minimum Gasteiger partial charge on any atom is -0.329 e. The van der Waals surface area contributed by atoms with Gasteiger partial charge in [0.2, 0.25) is 0 Å². The molecule has 0 saturated carbocycles. The molecule has 1 aliphatic rings. The maximum absolute atomic E-state index is 6.08. The van der Waals surface area contributed by atoms with Gasteiger partial charge in [-0.2, -0.15) is 0 Å².